The van der Waals surface area contributed by atoms with Gasteiger partial charge in [-0.2, -0.15) is 0 Å². The number of benzene rings is 2. The van der Waals surface area contributed by atoms with Crippen molar-refractivity contribution in [2.24, 2.45) is 0 Å². The number of hydrogen-bond donors (Lipinski definition) is 1. The molecule has 1 N–H and O–H groups in total. The number of aromatic amines is 1. The molecule has 3 heteroatoms. The fraction of sp³-hybridized carbons (Fsp3) is 0.118. The van der Waals surface area contributed by atoms with Crippen LogP contribution in [0.4, 0.5) is 0 Å². The molecule has 3 aromatic rings. The van der Waals surface area contributed by atoms with E-state index >= 15 is 0 Å². The van der Waals surface area contributed by atoms with Crippen LogP contribution >= 0.6 is 0 Å². The van der Waals surface area contributed by atoms with Crippen molar-refractivity contribution in [2.75, 3.05) is 7.11 Å². The molecule has 0 spiro atoms. The van der Waals surface area contributed by atoms with Crippen molar-refractivity contribution in [1.29, 1.82) is 0 Å². The van der Waals surface area contributed by atoms with E-state index < -0.39 is 0 Å². The van der Waals surface area contributed by atoms with Crippen LogP contribution in [-0.2, 0) is 11.2 Å². The van der Waals surface area contributed by atoms with Crippen molar-refractivity contribution >= 4 is 16.9 Å². The van der Waals surface area contributed by atoms with E-state index in [0.717, 1.165) is 17.3 Å². The molecule has 3 rings (SSSR count). The average molecular weight is 265 g/mol. The molecule has 0 atom stereocenters. The summed E-state index contributed by atoms with van der Waals surface area (Å²) in [5.74, 6) is -0.307. The number of carbonyl (C=O) groups excluding carboxylic acids is 1. The molecule has 0 aliphatic heterocycles. The standard InChI is InChI=1S/C17H15NO2/c1-20-17(19)13-7-8-16-15(10-13)14(11-18-16)9-12-5-3-2-4-6-12/h2-8,10-11,18H,9H2,1H3. The summed E-state index contributed by atoms with van der Waals surface area (Å²) < 4.78 is 4.77. The normalized spacial score (nSPS) is 10.7. The number of esters is 1. The van der Waals surface area contributed by atoms with Gasteiger partial charge in [0.15, 0.2) is 0 Å². The molecule has 3 nitrogen and oxygen atoms in total. The van der Waals surface area contributed by atoms with E-state index in [0.29, 0.717) is 5.56 Å². The number of rotatable bonds is 3. The highest BCUT2D eigenvalue weighted by Crippen LogP contribution is 2.22. The van der Waals surface area contributed by atoms with Gasteiger partial charge in [0.2, 0.25) is 0 Å². The number of H-pyrrole nitrogens is 1. The van der Waals surface area contributed by atoms with E-state index in [2.05, 4.69) is 17.1 Å². The predicted molar refractivity (Wildman–Crippen MR) is 78.9 cm³/mol. The molecule has 1 aromatic heterocycles. The third-order valence-corrected chi connectivity index (χ3v) is 3.43. The van der Waals surface area contributed by atoms with Crippen LogP contribution in [0.3, 0.4) is 0 Å². The van der Waals surface area contributed by atoms with Crippen LogP contribution in [-0.4, -0.2) is 18.1 Å². The summed E-state index contributed by atoms with van der Waals surface area (Å²) in [5, 5.41) is 1.07. The maximum absolute atomic E-state index is 11.6. The highest BCUT2D eigenvalue weighted by Gasteiger charge is 2.10. The van der Waals surface area contributed by atoms with Crippen LogP contribution in [0.15, 0.2) is 54.7 Å². The van der Waals surface area contributed by atoms with Crippen molar-refractivity contribution < 1.29 is 9.53 Å². The zero-order valence-electron chi connectivity index (χ0n) is 11.2. The lowest BCUT2D eigenvalue weighted by atomic mass is 10.0. The Labute approximate surface area is 117 Å². The van der Waals surface area contributed by atoms with Gasteiger partial charge in [-0.1, -0.05) is 30.3 Å². The van der Waals surface area contributed by atoms with E-state index in [-0.39, 0.29) is 5.97 Å². The van der Waals surface area contributed by atoms with E-state index in [1.54, 1.807) is 6.07 Å². The van der Waals surface area contributed by atoms with Crippen LogP contribution in [0.2, 0.25) is 0 Å². The minimum Gasteiger partial charge on any atom is -0.465 e. The van der Waals surface area contributed by atoms with Gasteiger partial charge in [0, 0.05) is 17.1 Å². The molecule has 100 valence electrons. The van der Waals surface area contributed by atoms with Crippen LogP contribution in [0.1, 0.15) is 21.5 Å². The molecule has 20 heavy (non-hydrogen) atoms. The Balaban J connectivity index is 2.01. The number of fused-ring (bicyclic) bond motifs is 1. The van der Waals surface area contributed by atoms with Crippen molar-refractivity contribution in [2.45, 2.75) is 6.42 Å². The van der Waals surface area contributed by atoms with Gasteiger partial charge in [-0.05, 0) is 35.7 Å². The van der Waals surface area contributed by atoms with Gasteiger partial charge < -0.3 is 9.72 Å². The van der Waals surface area contributed by atoms with Crippen LogP contribution in [0, 0.1) is 0 Å². The molecular weight excluding hydrogens is 250 g/mol. The Morgan fingerprint density at radius 1 is 1.15 bits per heavy atom. The van der Waals surface area contributed by atoms with Gasteiger partial charge >= 0.3 is 5.97 Å². The average Bonchev–Trinajstić information content (AvgIpc) is 2.90. The molecule has 0 saturated heterocycles. The Bertz CT molecular complexity index is 744. The summed E-state index contributed by atoms with van der Waals surface area (Å²) in [6.45, 7) is 0. The number of carbonyl (C=O) groups is 1. The third kappa shape index (κ3) is 2.30. The molecule has 0 aliphatic rings. The zero-order valence-corrected chi connectivity index (χ0v) is 11.2. The first-order valence-electron chi connectivity index (χ1n) is 6.50. The first-order valence-corrected chi connectivity index (χ1v) is 6.50. The number of aromatic nitrogens is 1. The lowest BCUT2D eigenvalue weighted by molar-refractivity contribution is 0.0601. The van der Waals surface area contributed by atoms with Gasteiger partial charge in [0.05, 0.1) is 12.7 Å². The van der Waals surface area contributed by atoms with Crippen LogP contribution in [0.5, 0.6) is 0 Å². The lowest BCUT2D eigenvalue weighted by Crippen LogP contribution is -2.00. The number of methoxy groups -OCH3 is 1. The van der Waals surface area contributed by atoms with Crippen LogP contribution < -0.4 is 0 Å². The van der Waals surface area contributed by atoms with E-state index in [9.17, 15) is 4.79 Å². The third-order valence-electron chi connectivity index (χ3n) is 3.43. The second kappa shape index (κ2) is 5.21. The minimum absolute atomic E-state index is 0.307. The Morgan fingerprint density at radius 2 is 1.95 bits per heavy atom. The molecule has 0 aliphatic carbocycles. The van der Waals surface area contributed by atoms with Gasteiger partial charge in [-0.15, -0.1) is 0 Å². The zero-order chi connectivity index (χ0) is 13.9. The van der Waals surface area contributed by atoms with E-state index in [4.69, 9.17) is 4.74 Å². The highest BCUT2D eigenvalue weighted by atomic mass is 16.5. The first-order chi connectivity index (χ1) is 9.78. The van der Waals surface area contributed by atoms with Crippen molar-refractivity contribution in [3.05, 3.63) is 71.4 Å². The molecule has 1 heterocycles. The summed E-state index contributed by atoms with van der Waals surface area (Å²) in [6.07, 6.45) is 2.84. The van der Waals surface area contributed by atoms with E-state index in [1.807, 2.05) is 36.5 Å². The molecule has 0 bridgehead atoms. The summed E-state index contributed by atoms with van der Waals surface area (Å²) in [5.41, 5.74) is 4.03. The van der Waals surface area contributed by atoms with Gasteiger partial charge in [-0.25, -0.2) is 4.79 Å². The highest BCUT2D eigenvalue weighted by molar-refractivity contribution is 5.95. The Kier molecular flexibility index (Phi) is 3.25. The first kappa shape index (κ1) is 12.5. The van der Waals surface area contributed by atoms with Gasteiger partial charge in [0.1, 0.15) is 0 Å². The van der Waals surface area contributed by atoms with Gasteiger partial charge in [0.25, 0.3) is 0 Å². The topological polar surface area (TPSA) is 42.1 Å². The molecule has 0 amide bonds. The second-order valence-electron chi connectivity index (χ2n) is 4.73. The Morgan fingerprint density at radius 3 is 2.70 bits per heavy atom. The maximum atomic E-state index is 11.6. The number of ether oxygens (including phenoxy) is 1. The summed E-state index contributed by atoms with van der Waals surface area (Å²) in [7, 11) is 1.40. The molecule has 0 radical (unpaired) electrons. The Hall–Kier alpha value is -2.55. The largest absolute Gasteiger partial charge is 0.465 e. The minimum atomic E-state index is -0.307. The SMILES string of the molecule is COC(=O)c1ccc2[nH]cc(Cc3ccccc3)c2c1. The number of nitrogens with one attached hydrogen (secondary N) is 1. The summed E-state index contributed by atoms with van der Waals surface area (Å²) >= 11 is 0. The molecule has 0 fully saturated rings. The maximum Gasteiger partial charge on any atom is 0.337 e. The van der Waals surface area contributed by atoms with Gasteiger partial charge in [-0.3, -0.25) is 0 Å². The van der Waals surface area contributed by atoms with Crippen LogP contribution in [0.25, 0.3) is 10.9 Å². The summed E-state index contributed by atoms with van der Waals surface area (Å²) in [6, 6.07) is 15.8. The molecule has 0 saturated carbocycles. The molecule has 2 aromatic carbocycles. The predicted octanol–water partition coefficient (Wildman–Crippen LogP) is 3.55. The summed E-state index contributed by atoms with van der Waals surface area (Å²) in [4.78, 5) is 14.9. The fourth-order valence-electron chi connectivity index (χ4n) is 2.39. The molecule has 0 unspecified atom stereocenters. The fourth-order valence-corrected chi connectivity index (χ4v) is 2.39. The number of hydrogen-bond acceptors (Lipinski definition) is 2. The van der Waals surface area contributed by atoms with E-state index in [1.165, 1.54) is 18.2 Å². The lowest BCUT2D eigenvalue weighted by Gasteiger charge is -2.02. The smallest absolute Gasteiger partial charge is 0.337 e. The molecular formula is C17H15NO2. The van der Waals surface area contributed by atoms with Crippen molar-refractivity contribution in [3.63, 3.8) is 0 Å². The monoisotopic (exact) mass is 265 g/mol. The quantitative estimate of drug-likeness (QED) is 0.736. The van der Waals surface area contributed by atoms with Crippen molar-refractivity contribution in [3.8, 4) is 0 Å². The second-order valence-corrected chi connectivity index (χ2v) is 4.73. The van der Waals surface area contributed by atoms with Crippen molar-refractivity contribution in [1.82, 2.24) is 4.98 Å².